The normalized spacial score (nSPS) is 10.9. The van der Waals surface area contributed by atoms with Crippen LogP contribution in [0.3, 0.4) is 0 Å². The summed E-state index contributed by atoms with van der Waals surface area (Å²) in [5.41, 5.74) is 1.64. The van der Waals surface area contributed by atoms with Crippen molar-refractivity contribution in [2.75, 3.05) is 5.32 Å². The third-order valence-corrected chi connectivity index (χ3v) is 4.49. The van der Waals surface area contributed by atoms with Crippen molar-refractivity contribution in [3.05, 3.63) is 51.5 Å². The zero-order valence-corrected chi connectivity index (χ0v) is 18.1. The molecule has 0 spiro atoms. The van der Waals surface area contributed by atoms with Crippen molar-refractivity contribution in [1.82, 2.24) is 0 Å². The van der Waals surface area contributed by atoms with Gasteiger partial charge < -0.3 is 19.9 Å². The topological polar surface area (TPSA) is 84.9 Å². The van der Waals surface area contributed by atoms with Crippen molar-refractivity contribution in [3.8, 4) is 11.5 Å². The number of halogens is 1. The molecule has 0 fully saturated rings. The molecule has 0 radical (unpaired) electrons. The van der Waals surface area contributed by atoms with Gasteiger partial charge in [0.15, 0.2) is 0 Å². The SMILES string of the molecule is Cc1cc(NC(=O)c2cc(OC(C)C)c(Br)c(OC(C)C)c2)ccc1C(=O)O. The minimum atomic E-state index is -1.01. The molecule has 0 aliphatic rings. The number of ether oxygens (including phenoxy) is 2. The van der Waals surface area contributed by atoms with Crippen LogP contribution in [0.25, 0.3) is 0 Å². The lowest BCUT2D eigenvalue weighted by molar-refractivity contribution is 0.0696. The zero-order chi connectivity index (χ0) is 21.0. The van der Waals surface area contributed by atoms with Crippen molar-refractivity contribution in [3.63, 3.8) is 0 Å². The number of anilines is 1. The first-order chi connectivity index (χ1) is 13.1. The number of benzene rings is 2. The molecule has 0 aromatic heterocycles. The molecule has 28 heavy (non-hydrogen) atoms. The van der Waals surface area contributed by atoms with Gasteiger partial charge in [-0.05, 0) is 86.4 Å². The largest absolute Gasteiger partial charge is 0.490 e. The Morgan fingerprint density at radius 3 is 1.96 bits per heavy atom. The van der Waals surface area contributed by atoms with Gasteiger partial charge in [0.05, 0.1) is 17.8 Å². The molecule has 2 N–H and O–H groups in total. The van der Waals surface area contributed by atoms with E-state index >= 15 is 0 Å². The molecule has 2 rings (SSSR count). The van der Waals surface area contributed by atoms with Crippen LogP contribution >= 0.6 is 15.9 Å². The number of aryl methyl sites for hydroxylation is 1. The van der Waals surface area contributed by atoms with E-state index in [2.05, 4.69) is 21.2 Å². The fourth-order valence-electron chi connectivity index (χ4n) is 2.57. The van der Waals surface area contributed by atoms with E-state index in [1.54, 1.807) is 31.2 Å². The van der Waals surface area contributed by atoms with Crippen LogP contribution in [0.2, 0.25) is 0 Å². The standard InChI is InChI=1S/C21H24BrNO5/c1-11(2)27-17-9-14(10-18(19(17)22)28-12(3)4)20(24)23-15-6-7-16(21(25)26)13(5)8-15/h6-12H,1-5H3,(H,23,24)(H,25,26). The lowest BCUT2D eigenvalue weighted by Crippen LogP contribution is -2.15. The van der Waals surface area contributed by atoms with Gasteiger partial charge in [-0.25, -0.2) is 4.79 Å². The number of hydrogen-bond acceptors (Lipinski definition) is 4. The molecule has 0 saturated heterocycles. The van der Waals surface area contributed by atoms with Crippen molar-refractivity contribution >= 4 is 33.5 Å². The van der Waals surface area contributed by atoms with Gasteiger partial charge in [-0.2, -0.15) is 0 Å². The Morgan fingerprint density at radius 2 is 1.54 bits per heavy atom. The summed E-state index contributed by atoms with van der Waals surface area (Å²) in [4.78, 5) is 23.9. The summed E-state index contributed by atoms with van der Waals surface area (Å²) in [6.07, 6.45) is -0.152. The highest BCUT2D eigenvalue weighted by Gasteiger charge is 2.18. The molecular formula is C21H24BrNO5. The first kappa shape index (κ1) is 21.8. The minimum absolute atomic E-state index is 0.0762. The van der Waals surface area contributed by atoms with E-state index in [4.69, 9.17) is 14.6 Å². The second-order valence-electron chi connectivity index (χ2n) is 6.91. The van der Waals surface area contributed by atoms with Crippen LogP contribution < -0.4 is 14.8 Å². The molecule has 2 aromatic rings. The Labute approximate surface area is 173 Å². The van der Waals surface area contributed by atoms with Gasteiger partial charge in [0, 0.05) is 11.3 Å². The molecule has 7 heteroatoms. The van der Waals surface area contributed by atoms with Crippen molar-refractivity contribution in [1.29, 1.82) is 0 Å². The fourth-order valence-corrected chi connectivity index (χ4v) is 2.98. The van der Waals surface area contributed by atoms with Crippen LogP contribution in [0.4, 0.5) is 5.69 Å². The molecule has 0 heterocycles. The average molecular weight is 450 g/mol. The van der Waals surface area contributed by atoms with E-state index in [1.807, 2.05) is 27.7 Å². The number of carbonyl (C=O) groups excluding carboxylic acids is 1. The van der Waals surface area contributed by atoms with Gasteiger partial charge >= 0.3 is 5.97 Å². The van der Waals surface area contributed by atoms with Crippen molar-refractivity contribution in [2.45, 2.75) is 46.8 Å². The maximum absolute atomic E-state index is 12.8. The third-order valence-electron chi connectivity index (χ3n) is 3.71. The fraction of sp³-hybridized carbons (Fsp3) is 0.333. The molecule has 6 nitrogen and oxygen atoms in total. The summed E-state index contributed by atoms with van der Waals surface area (Å²) in [5.74, 6) is -0.335. The summed E-state index contributed by atoms with van der Waals surface area (Å²) in [5, 5.41) is 11.9. The molecule has 1 amide bonds. The predicted molar refractivity (Wildman–Crippen MR) is 112 cm³/mol. The predicted octanol–water partition coefficient (Wildman–Crippen LogP) is 5.28. The number of carboxylic acid groups (broad SMARTS) is 1. The van der Waals surface area contributed by atoms with Gasteiger partial charge in [-0.1, -0.05) is 0 Å². The Morgan fingerprint density at radius 1 is 1.00 bits per heavy atom. The van der Waals surface area contributed by atoms with Crippen LogP contribution in [-0.2, 0) is 0 Å². The first-order valence-electron chi connectivity index (χ1n) is 8.90. The summed E-state index contributed by atoms with van der Waals surface area (Å²) < 4.78 is 12.2. The van der Waals surface area contributed by atoms with Crippen LogP contribution in [0.15, 0.2) is 34.8 Å². The molecule has 2 aromatic carbocycles. The smallest absolute Gasteiger partial charge is 0.335 e. The minimum Gasteiger partial charge on any atom is -0.490 e. The highest BCUT2D eigenvalue weighted by molar-refractivity contribution is 9.10. The summed E-state index contributed by atoms with van der Waals surface area (Å²) >= 11 is 3.48. The van der Waals surface area contributed by atoms with Gasteiger partial charge in [0.2, 0.25) is 0 Å². The van der Waals surface area contributed by atoms with Gasteiger partial charge in [-0.15, -0.1) is 0 Å². The number of rotatable bonds is 7. The second kappa shape index (κ2) is 9.10. The quantitative estimate of drug-likeness (QED) is 0.600. The Hall–Kier alpha value is -2.54. The molecular weight excluding hydrogens is 426 g/mol. The third kappa shape index (κ3) is 5.48. The maximum Gasteiger partial charge on any atom is 0.335 e. The van der Waals surface area contributed by atoms with Crippen molar-refractivity contribution < 1.29 is 24.2 Å². The van der Waals surface area contributed by atoms with Crippen LogP contribution in [0, 0.1) is 6.92 Å². The first-order valence-corrected chi connectivity index (χ1v) is 9.70. The summed E-state index contributed by atoms with van der Waals surface area (Å²) in [6, 6.07) is 7.94. The number of carbonyl (C=O) groups is 2. The molecule has 150 valence electrons. The van der Waals surface area contributed by atoms with Gasteiger partial charge in [0.1, 0.15) is 16.0 Å². The van der Waals surface area contributed by atoms with Gasteiger partial charge in [-0.3, -0.25) is 4.79 Å². The Kier molecular flexibility index (Phi) is 7.07. The van der Waals surface area contributed by atoms with Crippen LogP contribution in [-0.4, -0.2) is 29.2 Å². The van der Waals surface area contributed by atoms with Crippen molar-refractivity contribution in [2.24, 2.45) is 0 Å². The lowest BCUT2D eigenvalue weighted by Gasteiger charge is -2.18. The van der Waals surface area contributed by atoms with E-state index in [0.29, 0.717) is 32.8 Å². The number of hydrogen-bond donors (Lipinski definition) is 2. The monoisotopic (exact) mass is 449 g/mol. The molecule has 0 unspecified atom stereocenters. The van der Waals surface area contributed by atoms with E-state index in [9.17, 15) is 9.59 Å². The maximum atomic E-state index is 12.8. The second-order valence-corrected chi connectivity index (χ2v) is 7.70. The van der Waals surface area contributed by atoms with Crippen LogP contribution in [0.5, 0.6) is 11.5 Å². The number of aromatic carboxylic acids is 1. The Balaban J connectivity index is 2.35. The number of carboxylic acids is 1. The zero-order valence-electron chi connectivity index (χ0n) is 16.5. The molecule has 0 saturated carbocycles. The van der Waals surface area contributed by atoms with Crippen LogP contribution in [0.1, 0.15) is 54.0 Å². The van der Waals surface area contributed by atoms with E-state index in [0.717, 1.165) is 0 Å². The lowest BCUT2D eigenvalue weighted by atomic mass is 10.1. The van der Waals surface area contributed by atoms with E-state index in [1.165, 1.54) is 6.07 Å². The average Bonchev–Trinajstić information content (AvgIpc) is 2.57. The molecule has 0 atom stereocenters. The number of nitrogens with one attached hydrogen (secondary N) is 1. The van der Waals surface area contributed by atoms with E-state index in [-0.39, 0.29) is 23.7 Å². The molecule has 0 bridgehead atoms. The van der Waals surface area contributed by atoms with E-state index < -0.39 is 5.97 Å². The Bertz CT molecular complexity index is 861. The number of amides is 1. The highest BCUT2D eigenvalue weighted by Crippen LogP contribution is 2.37. The molecule has 0 aliphatic carbocycles. The summed E-state index contributed by atoms with van der Waals surface area (Å²) in [7, 11) is 0. The molecule has 0 aliphatic heterocycles. The van der Waals surface area contributed by atoms with Gasteiger partial charge in [0.25, 0.3) is 5.91 Å². The summed E-state index contributed by atoms with van der Waals surface area (Å²) in [6.45, 7) is 9.27. The highest BCUT2D eigenvalue weighted by atomic mass is 79.9.